The lowest BCUT2D eigenvalue weighted by molar-refractivity contribution is -0.176. The average molecular weight is 529 g/mol. The van der Waals surface area contributed by atoms with Gasteiger partial charge in [0, 0.05) is 12.3 Å². The lowest BCUT2D eigenvalue weighted by Gasteiger charge is -2.30. The van der Waals surface area contributed by atoms with Crippen LogP contribution in [-0.2, 0) is 35.0 Å². The van der Waals surface area contributed by atoms with Crippen molar-refractivity contribution in [3.8, 4) is 11.5 Å². The predicted molar refractivity (Wildman–Crippen MR) is 133 cm³/mol. The number of ether oxygens (including phenoxy) is 4. The van der Waals surface area contributed by atoms with E-state index in [2.05, 4.69) is 10.3 Å². The number of rotatable bonds is 8. The molecule has 5 unspecified atom stereocenters. The summed E-state index contributed by atoms with van der Waals surface area (Å²) in [7, 11) is 1.31. The lowest BCUT2D eigenvalue weighted by atomic mass is 9.91. The standard InChI is InChI=1S/C27H32N2O9/c1-5-15(2)25(32)38-23-16(3)37-27(34)19(29-24(31)21-22(30)20(35-4)11-12-28-21)14-36-26(33)18(23)13-17-9-7-6-8-10-17/h6-12,15-16,18-19,23,30H,5,13-14H2,1-4H3,(H,29,31). The number of benzene rings is 1. The van der Waals surface area contributed by atoms with E-state index in [-0.39, 0.29) is 12.2 Å². The number of carbonyl (C=O) groups is 4. The minimum atomic E-state index is -1.41. The Bertz CT molecular complexity index is 1150. The Morgan fingerprint density at radius 2 is 1.89 bits per heavy atom. The molecule has 2 N–H and O–H groups in total. The maximum absolute atomic E-state index is 13.3. The van der Waals surface area contributed by atoms with E-state index >= 15 is 0 Å². The fraction of sp³-hybridized carbons (Fsp3) is 0.444. The van der Waals surface area contributed by atoms with Gasteiger partial charge >= 0.3 is 17.9 Å². The van der Waals surface area contributed by atoms with E-state index in [0.29, 0.717) is 6.42 Å². The van der Waals surface area contributed by atoms with Crippen LogP contribution < -0.4 is 10.1 Å². The molecule has 1 aliphatic rings. The van der Waals surface area contributed by atoms with Crippen molar-refractivity contribution in [2.24, 2.45) is 11.8 Å². The SMILES string of the molecule is CCC(C)C(=O)OC1C(C)OC(=O)C(NC(=O)c2nccc(OC)c2O)COC(=O)C1Cc1ccccc1. The number of methoxy groups -OCH3 is 1. The summed E-state index contributed by atoms with van der Waals surface area (Å²) < 4.78 is 21.7. The van der Waals surface area contributed by atoms with E-state index < -0.39 is 72.0 Å². The van der Waals surface area contributed by atoms with Crippen molar-refractivity contribution in [3.05, 3.63) is 53.9 Å². The van der Waals surface area contributed by atoms with Crippen molar-refractivity contribution in [3.63, 3.8) is 0 Å². The molecule has 204 valence electrons. The molecule has 2 heterocycles. The highest BCUT2D eigenvalue weighted by Crippen LogP contribution is 2.28. The van der Waals surface area contributed by atoms with E-state index in [0.717, 1.165) is 5.56 Å². The molecule has 3 rings (SSSR count). The van der Waals surface area contributed by atoms with Gasteiger partial charge in [-0.05, 0) is 25.3 Å². The van der Waals surface area contributed by atoms with Gasteiger partial charge in [-0.1, -0.05) is 44.2 Å². The second-order valence-corrected chi connectivity index (χ2v) is 9.02. The van der Waals surface area contributed by atoms with Gasteiger partial charge in [0.1, 0.15) is 18.6 Å². The summed E-state index contributed by atoms with van der Waals surface area (Å²) in [4.78, 5) is 55.7. The molecule has 1 aromatic carbocycles. The summed E-state index contributed by atoms with van der Waals surface area (Å²) in [5, 5.41) is 12.6. The van der Waals surface area contributed by atoms with Crippen LogP contribution in [0.3, 0.4) is 0 Å². The topological polar surface area (TPSA) is 150 Å². The predicted octanol–water partition coefficient (Wildman–Crippen LogP) is 2.20. The lowest BCUT2D eigenvalue weighted by Crippen LogP contribution is -2.47. The van der Waals surface area contributed by atoms with Gasteiger partial charge in [0.05, 0.1) is 13.0 Å². The molecule has 0 spiro atoms. The number of hydrogen-bond acceptors (Lipinski definition) is 10. The third-order valence-electron chi connectivity index (χ3n) is 6.33. The zero-order valence-corrected chi connectivity index (χ0v) is 21.7. The Kier molecular flexibility index (Phi) is 9.64. The number of hydrogen-bond donors (Lipinski definition) is 2. The van der Waals surface area contributed by atoms with Gasteiger partial charge < -0.3 is 29.4 Å². The van der Waals surface area contributed by atoms with Gasteiger partial charge in [-0.3, -0.25) is 14.4 Å². The molecule has 0 radical (unpaired) electrons. The van der Waals surface area contributed by atoms with Crippen LogP contribution in [0.4, 0.5) is 0 Å². The third-order valence-corrected chi connectivity index (χ3v) is 6.33. The Balaban J connectivity index is 1.88. The first-order valence-corrected chi connectivity index (χ1v) is 12.3. The maximum atomic E-state index is 13.3. The monoisotopic (exact) mass is 528 g/mol. The highest BCUT2D eigenvalue weighted by atomic mass is 16.6. The second kappa shape index (κ2) is 12.9. The van der Waals surface area contributed by atoms with Gasteiger partial charge in [0.25, 0.3) is 5.91 Å². The van der Waals surface area contributed by atoms with Crippen molar-refractivity contribution in [2.45, 2.75) is 51.9 Å². The molecule has 0 aliphatic carbocycles. The largest absolute Gasteiger partial charge is 0.503 e. The summed E-state index contributed by atoms with van der Waals surface area (Å²) in [6.45, 7) is 4.50. The van der Waals surface area contributed by atoms with Crippen LogP contribution in [0.1, 0.15) is 43.2 Å². The Morgan fingerprint density at radius 1 is 1.18 bits per heavy atom. The van der Waals surface area contributed by atoms with E-state index in [9.17, 15) is 24.3 Å². The average Bonchev–Trinajstić information content (AvgIpc) is 2.95. The van der Waals surface area contributed by atoms with Crippen LogP contribution in [0.25, 0.3) is 0 Å². The van der Waals surface area contributed by atoms with Gasteiger partial charge in [0.15, 0.2) is 29.3 Å². The van der Waals surface area contributed by atoms with Gasteiger partial charge in [-0.25, -0.2) is 9.78 Å². The van der Waals surface area contributed by atoms with Gasteiger partial charge in [-0.2, -0.15) is 0 Å². The molecule has 0 bridgehead atoms. The van der Waals surface area contributed by atoms with E-state index in [4.69, 9.17) is 18.9 Å². The highest BCUT2D eigenvalue weighted by molar-refractivity contribution is 5.98. The van der Waals surface area contributed by atoms with Crippen LogP contribution in [0.5, 0.6) is 11.5 Å². The first-order chi connectivity index (χ1) is 18.2. The molecule has 0 saturated carbocycles. The summed E-state index contributed by atoms with van der Waals surface area (Å²) >= 11 is 0. The number of cyclic esters (lactones) is 2. The summed E-state index contributed by atoms with van der Waals surface area (Å²) in [6, 6.07) is 9.04. The minimum absolute atomic E-state index is 0.0111. The van der Waals surface area contributed by atoms with Crippen molar-refractivity contribution < 1.29 is 43.2 Å². The van der Waals surface area contributed by atoms with Gasteiger partial charge in [0.2, 0.25) is 0 Å². The molecule has 1 aromatic heterocycles. The zero-order chi connectivity index (χ0) is 27.8. The second-order valence-electron chi connectivity index (χ2n) is 9.02. The number of nitrogens with one attached hydrogen (secondary N) is 1. The zero-order valence-electron chi connectivity index (χ0n) is 21.7. The molecule has 1 saturated heterocycles. The van der Waals surface area contributed by atoms with Crippen molar-refractivity contribution in [1.29, 1.82) is 0 Å². The number of aromatic hydroxyl groups is 1. The van der Waals surface area contributed by atoms with E-state index in [1.807, 2.05) is 37.3 Å². The maximum Gasteiger partial charge on any atom is 0.332 e. The van der Waals surface area contributed by atoms with E-state index in [1.165, 1.54) is 26.3 Å². The minimum Gasteiger partial charge on any atom is -0.503 e. The quantitative estimate of drug-likeness (QED) is 0.385. The number of esters is 3. The molecule has 1 fully saturated rings. The van der Waals surface area contributed by atoms with E-state index in [1.54, 1.807) is 6.92 Å². The van der Waals surface area contributed by atoms with Gasteiger partial charge in [-0.15, -0.1) is 0 Å². The molecule has 11 heteroatoms. The smallest absolute Gasteiger partial charge is 0.332 e. The molecule has 5 atom stereocenters. The number of amides is 1. The first-order valence-electron chi connectivity index (χ1n) is 12.3. The molecule has 2 aromatic rings. The fourth-order valence-electron chi connectivity index (χ4n) is 3.89. The number of pyridine rings is 1. The van der Waals surface area contributed by atoms with Crippen LogP contribution in [0.15, 0.2) is 42.6 Å². The normalized spacial score (nSPS) is 22.5. The molecule has 38 heavy (non-hydrogen) atoms. The highest BCUT2D eigenvalue weighted by Gasteiger charge is 2.42. The van der Waals surface area contributed by atoms with Crippen LogP contribution in [0.2, 0.25) is 0 Å². The van der Waals surface area contributed by atoms with Crippen molar-refractivity contribution >= 4 is 23.8 Å². The third kappa shape index (κ3) is 6.78. The Morgan fingerprint density at radius 3 is 2.55 bits per heavy atom. The Labute approximate surface area is 220 Å². The van der Waals surface area contributed by atoms with Crippen molar-refractivity contribution in [2.75, 3.05) is 13.7 Å². The molecule has 1 aliphatic heterocycles. The summed E-state index contributed by atoms with van der Waals surface area (Å²) in [5.74, 6) is -5.00. The molecule has 1 amide bonds. The molecule has 11 nitrogen and oxygen atoms in total. The first kappa shape index (κ1) is 28.4. The summed E-state index contributed by atoms with van der Waals surface area (Å²) in [6.07, 6.45) is -0.239. The van der Waals surface area contributed by atoms with Crippen LogP contribution >= 0.6 is 0 Å². The molecular formula is C27H32N2O9. The van der Waals surface area contributed by atoms with Crippen LogP contribution in [0, 0.1) is 11.8 Å². The number of aromatic nitrogens is 1. The Hall–Kier alpha value is -4.15. The van der Waals surface area contributed by atoms with Crippen LogP contribution in [-0.4, -0.2) is 65.9 Å². The summed E-state index contributed by atoms with van der Waals surface area (Å²) in [5.41, 5.74) is 0.403. The number of carbonyl (C=O) groups excluding carboxylic acids is 4. The fourth-order valence-corrected chi connectivity index (χ4v) is 3.89. The van der Waals surface area contributed by atoms with Crippen molar-refractivity contribution in [1.82, 2.24) is 10.3 Å². The molecular weight excluding hydrogens is 496 g/mol. The number of nitrogens with zero attached hydrogens (tertiary/aromatic N) is 1.